The van der Waals surface area contributed by atoms with E-state index in [4.69, 9.17) is 4.43 Å². The molecule has 0 spiro atoms. The van der Waals surface area contributed by atoms with E-state index in [-0.39, 0.29) is 15.9 Å². The van der Waals surface area contributed by atoms with Crippen molar-refractivity contribution in [1.29, 1.82) is 0 Å². The van der Waals surface area contributed by atoms with Crippen LogP contribution in [0.1, 0.15) is 79.6 Å². The van der Waals surface area contributed by atoms with Gasteiger partial charge in [0.1, 0.15) is 5.78 Å². The molecule has 3 aliphatic rings. The number of carbonyl (C=O) groups is 1. The van der Waals surface area contributed by atoms with Gasteiger partial charge in [-0.25, -0.2) is 0 Å². The summed E-state index contributed by atoms with van der Waals surface area (Å²) in [7, 11) is -1.83. The lowest BCUT2D eigenvalue weighted by molar-refractivity contribution is -0.129. The molecule has 160 valence electrons. The van der Waals surface area contributed by atoms with Crippen molar-refractivity contribution in [2.45, 2.75) is 97.7 Å². The summed E-state index contributed by atoms with van der Waals surface area (Å²) < 4.78 is 6.56. The number of allylic oxidation sites excluding steroid dienone is 4. The summed E-state index contributed by atoms with van der Waals surface area (Å²) in [6, 6.07) is 0. The maximum atomic E-state index is 12.4. The van der Waals surface area contributed by atoms with Gasteiger partial charge in [0, 0.05) is 25.2 Å². The van der Waals surface area contributed by atoms with E-state index in [0.717, 1.165) is 44.3 Å². The zero-order valence-corrected chi connectivity index (χ0v) is 20.7. The Labute approximate surface area is 179 Å². The summed E-state index contributed by atoms with van der Waals surface area (Å²) >= 11 is 0. The van der Waals surface area contributed by atoms with E-state index in [0.29, 0.717) is 17.6 Å². The Hall–Kier alpha value is -1.27. The van der Waals surface area contributed by atoms with Gasteiger partial charge < -0.3 is 4.43 Å². The van der Waals surface area contributed by atoms with E-state index in [1.54, 1.807) is 0 Å². The number of hydrogen-bond acceptors (Lipinski definition) is 2. The molecule has 29 heavy (non-hydrogen) atoms. The molecule has 0 aromatic rings. The quantitative estimate of drug-likeness (QED) is 0.367. The second-order valence-corrected chi connectivity index (χ2v) is 16.3. The normalized spacial score (nSPS) is 34.9. The van der Waals surface area contributed by atoms with Crippen molar-refractivity contribution < 1.29 is 9.22 Å². The van der Waals surface area contributed by atoms with Gasteiger partial charge >= 0.3 is 0 Å². The van der Waals surface area contributed by atoms with Crippen LogP contribution in [0.2, 0.25) is 18.1 Å². The van der Waals surface area contributed by atoms with Crippen LogP contribution in [0.15, 0.2) is 24.0 Å². The molecule has 2 nitrogen and oxygen atoms in total. The molecule has 2 fully saturated rings. The molecule has 0 N–H and O–H groups in total. The first-order chi connectivity index (χ1) is 13.4. The largest absolute Gasteiger partial charge is 0.546 e. The Balaban J connectivity index is 1.65. The molecule has 3 heteroatoms. The molecule has 2 saturated carbocycles. The maximum absolute atomic E-state index is 12.4. The third-order valence-corrected chi connectivity index (χ3v) is 12.6. The van der Waals surface area contributed by atoms with E-state index < -0.39 is 8.32 Å². The van der Waals surface area contributed by atoms with Gasteiger partial charge in [-0.1, -0.05) is 45.8 Å². The van der Waals surface area contributed by atoms with Gasteiger partial charge in [-0.2, -0.15) is 0 Å². The van der Waals surface area contributed by atoms with Crippen LogP contribution < -0.4 is 0 Å². The van der Waals surface area contributed by atoms with E-state index in [2.05, 4.69) is 77.8 Å². The molecule has 0 bridgehead atoms. The number of ketones is 1. The van der Waals surface area contributed by atoms with Crippen LogP contribution in [0, 0.1) is 34.5 Å². The van der Waals surface area contributed by atoms with E-state index >= 15 is 0 Å². The number of rotatable bonds is 3. The molecule has 0 aromatic heterocycles. The standard InChI is InChI=1S/C26H40O2Si/c1-24(2,3)29(6,7)28-21-12-9-17-25(4,19-21)16-8-11-20-14-15-22-23(27)13-10-18-26(20,22)5/h9,12,17,20,22H,10-11,13-15,18-19H2,1-7H3/t20-,22-,25-,26+/m0/s1. The zero-order chi connectivity index (χ0) is 21.5. The molecule has 0 amide bonds. The highest BCUT2D eigenvalue weighted by Crippen LogP contribution is 2.55. The molecule has 0 saturated heterocycles. The fourth-order valence-electron chi connectivity index (χ4n) is 5.23. The molecule has 0 heterocycles. The van der Waals surface area contributed by atoms with Gasteiger partial charge in [0.15, 0.2) is 0 Å². The molecule has 0 radical (unpaired) electrons. The summed E-state index contributed by atoms with van der Waals surface area (Å²) in [6.45, 7) is 16.0. The van der Waals surface area contributed by atoms with Crippen molar-refractivity contribution in [3.8, 4) is 11.8 Å². The van der Waals surface area contributed by atoms with Gasteiger partial charge in [-0.3, -0.25) is 4.79 Å². The summed E-state index contributed by atoms with van der Waals surface area (Å²) in [5.41, 5.74) is 0.0254. The minimum atomic E-state index is -1.83. The zero-order valence-electron chi connectivity index (χ0n) is 19.7. The third kappa shape index (κ3) is 4.58. The Morgan fingerprint density at radius 2 is 1.97 bits per heavy atom. The first kappa shape index (κ1) is 22.4. The van der Waals surface area contributed by atoms with Crippen LogP contribution in [0.25, 0.3) is 0 Å². The van der Waals surface area contributed by atoms with Crippen LogP contribution in [0.5, 0.6) is 0 Å². The highest BCUT2D eigenvalue weighted by atomic mass is 28.4. The van der Waals surface area contributed by atoms with Gasteiger partial charge in [-0.15, -0.1) is 5.92 Å². The number of fused-ring (bicyclic) bond motifs is 1. The monoisotopic (exact) mass is 412 g/mol. The summed E-state index contributed by atoms with van der Waals surface area (Å²) in [5.74, 6) is 9.57. The molecule has 4 atom stereocenters. The predicted molar refractivity (Wildman–Crippen MR) is 124 cm³/mol. The van der Waals surface area contributed by atoms with Crippen molar-refractivity contribution in [3.63, 3.8) is 0 Å². The highest BCUT2D eigenvalue weighted by Gasteiger charge is 2.50. The molecule has 0 aromatic carbocycles. The first-order valence-electron chi connectivity index (χ1n) is 11.5. The van der Waals surface area contributed by atoms with Crippen molar-refractivity contribution in [2.75, 3.05) is 0 Å². The Morgan fingerprint density at radius 1 is 1.24 bits per heavy atom. The van der Waals surface area contributed by atoms with Gasteiger partial charge in [0.05, 0.1) is 11.2 Å². The van der Waals surface area contributed by atoms with E-state index in [9.17, 15) is 4.79 Å². The van der Waals surface area contributed by atoms with Gasteiger partial charge in [0.2, 0.25) is 8.32 Å². The fraction of sp³-hybridized carbons (Fsp3) is 0.731. The highest BCUT2D eigenvalue weighted by molar-refractivity contribution is 6.74. The molecule has 0 aliphatic heterocycles. The van der Waals surface area contributed by atoms with Gasteiger partial charge in [0.25, 0.3) is 0 Å². The number of hydrogen-bond donors (Lipinski definition) is 0. The second-order valence-electron chi connectivity index (χ2n) is 11.6. The van der Waals surface area contributed by atoms with Crippen molar-refractivity contribution >= 4 is 14.1 Å². The first-order valence-corrected chi connectivity index (χ1v) is 14.4. The van der Waals surface area contributed by atoms with Crippen LogP contribution in [0.4, 0.5) is 0 Å². The van der Waals surface area contributed by atoms with Crippen LogP contribution in [0.3, 0.4) is 0 Å². The Morgan fingerprint density at radius 3 is 2.66 bits per heavy atom. The maximum Gasteiger partial charge on any atom is 0.250 e. The van der Waals surface area contributed by atoms with Crippen LogP contribution in [-0.4, -0.2) is 14.1 Å². The fourth-order valence-corrected chi connectivity index (χ4v) is 6.33. The molecule has 3 rings (SSSR count). The number of carbonyl (C=O) groups excluding carboxylic acids is 1. The van der Waals surface area contributed by atoms with E-state index in [1.807, 2.05) is 0 Å². The average Bonchev–Trinajstić information content (AvgIpc) is 2.91. The summed E-state index contributed by atoms with van der Waals surface area (Å²) in [5, 5.41) is 0.197. The molecule has 0 unspecified atom stereocenters. The lowest BCUT2D eigenvalue weighted by Gasteiger charge is -2.39. The lowest BCUT2D eigenvalue weighted by atomic mass is 9.64. The SMILES string of the molecule is CC(C)(C)[Si](C)(C)OC1=CC=C[C@](C)(C#CC[C@H]2CC[C@H]3C(=O)CCC[C@]23C)C1. The minimum Gasteiger partial charge on any atom is -0.546 e. The Kier molecular flexibility index (Phi) is 6.00. The van der Waals surface area contributed by atoms with Crippen LogP contribution >= 0.6 is 0 Å². The third-order valence-electron chi connectivity index (χ3n) is 8.26. The Bertz CT molecular complexity index is 773. The van der Waals surface area contributed by atoms with Crippen LogP contribution in [-0.2, 0) is 9.22 Å². The molecular weight excluding hydrogens is 372 g/mol. The van der Waals surface area contributed by atoms with Crippen molar-refractivity contribution in [2.24, 2.45) is 22.7 Å². The summed E-state index contributed by atoms with van der Waals surface area (Å²) in [4.78, 5) is 12.4. The van der Waals surface area contributed by atoms with Crippen molar-refractivity contribution in [1.82, 2.24) is 0 Å². The predicted octanol–water partition coefficient (Wildman–Crippen LogP) is 7.04. The number of Topliss-reactive ketones (excluding diaryl/α,β-unsaturated/α-hetero) is 1. The topological polar surface area (TPSA) is 26.3 Å². The molecule has 3 aliphatic carbocycles. The average molecular weight is 413 g/mol. The summed E-state index contributed by atoms with van der Waals surface area (Å²) in [6.07, 6.45) is 13.5. The molecular formula is C26H40O2Si. The minimum absolute atomic E-state index is 0.159. The second kappa shape index (κ2) is 7.77. The van der Waals surface area contributed by atoms with E-state index in [1.165, 1.54) is 6.42 Å². The lowest BCUT2D eigenvalue weighted by Crippen LogP contribution is -2.41. The van der Waals surface area contributed by atoms with Gasteiger partial charge in [-0.05, 0) is 68.1 Å². The smallest absolute Gasteiger partial charge is 0.250 e. The van der Waals surface area contributed by atoms with Crippen molar-refractivity contribution in [3.05, 3.63) is 24.0 Å².